The van der Waals surface area contributed by atoms with E-state index in [1.54, 1.807) is 19.1 Å². The Morgan fingerprint density at radius 2 is 1.73 bits per heavy atom. The van der Waals surface area contributed by atoms with Gasteiger partial charge in [0.1, 0.15) is 5.75 Å². The molecule has 0 aliphatic carbocycles. The molecule has 1 amide bonds. The van der Waals surface area contributed by atoms with Gasteiger partial charge in [-0.15, -0.1) is 0 Å². The molecular weight excluding hydrogens is 298 g/mol. The molecule has 2 aromatic rings. The average molecular weight is 318 g/mol. The lowest BCUT2D eigenvalue weighted by atomic mass is 10.0. The van der Waals surface area contributed by atoms with Gasteiger partial charge in [0.05, 0.1) is 5.02 Å². The smallest absolute Gasteiger partial charge is 0.260 e. The lowest BCUT2D eigenvalue weighted by Crippen LogP contribution is -2.38. The van der Waals surface area contributed by atoms with E-state index in [2.05, 4.69) is 24.4 Å². The number of hydrogen-bond acceptors (Lipinski definition) is 2. The molecule has 2 aromatic carbocycles. The second kappa shape index (κ2) is 7.85. The highest BCUT2D eigenvalue weighted by atomic mass is 35.5. The number of amides is 1. The molecule has 1 N–H and O–H groups in total. The Balaban J connectivity index is 1.85. The van der Waals surface area contributed by atoms with Crippen LogP contribution in [0.5, 0.6) is 5.75 Å². The van der Waals surface area contributed by atoms with Gasteiger partial charge in [-0.2, -0.15) is 0 Å². The molecule has 22 heavy (non-hydrogen) atoms. The van der Waals surface area contributed by atoms with Crippen LogP contribution < -0.4 is 10.1 Å². The highest BCUT2D eigenvalue weighted by Gasteiger charge is 2.16. The van der Waals surface area contributed by atoms with Gasteiger partial charge in [-0.05, 0) is 30.5 Å². The van der Waals surface area contributed by atoms with Gasteiger partial charge in [-0.25, -0.2) is 0 Å². The first-order valence-electron chi connectivity index (χ1n) is 7.31. The minimum absolute atomic E-state index is 0.150. The number of halogens is 1. The van der Waals surface area contributed by atoms with Gasteiger partial charge in [-0.3, -0.25) is 4.79 Å². The van der Waals surface area contributed by atoms with E-state index >= 15 is 0 Å². The van der Waals surface area contributed by atoms with Crippen molar-refractivity contribution < 1.29 is 9.53 Å². The van der Waals surface area contributed by atoms with Gasteiger partial charge in [0.25, 0.3) is 5.91 Å². The lowest BCUT2D eigenvalue weighted by Gasteiger charge is -2.18. The monoisotopic (exact) mass is 317 g/mol. The molecule has 0 saturated carbocycles. The molecule has 2 rings (SSSR count). The Kier molecular flexibility index (Phi) is 5.84. The first-order valence-corrected chi connectivity index (χ1v) is 7.69. The first kappa shape index (κ1) is 16.4. The zero-order valence-corrected chi connectivity index (χ0v) is 13.5. The first-order chi connectivity index (χ1) is 10.6. The summed E-state index contributed by atoms with van der Waals surface area (Å²) < 4.78 is 5.60. The van der Waals surface area contributed by atoms with Gasteiger partial charge >= 0.3 is 0 Å². The molecule has 0 radical (unpaired) electrons. The maximum atomic E-state index is 12.1. The van der Waals surface area contributed by atoms with E-state index in [1.165, 1.54) is 5.56 Å². The van der Waals surface area contributed by atoms with Crippen LogP contribution in [0.25, 0.3) is 0 Å². The summed E-state index contributed by atoms with van der Waals surface area (Å²) in [6.45, 7) is 4.36. The van der Waals surface area contributed by atoms with Gasteiger partial charge in [0.15, 0.2) is 6.10 Å². The molecule has 0 spiro atoms. The van der Waals surface area contributed by atoms with E-state index < -0.39 is 6.10 Å². The Morgan fingerprint density at radius 3 is 2.41 bits per heavy atom. The van der Waals surface area contributed by atoms with Crippen molar-refractivity contribution in [2.75, 3.05) is 6.54 Å². The van der Waals surface area contributed by atoms with Crippen LogP contribution >= 0.6 is 11.6 Å². The summed E-state index contributed by atoms with van der Waals surface area (Å²) in [6, 6.07) is 17.2. The molecule has 116 valence electrons. The van der Waals surface area contributed by atoms with E-state index in [1.807, 2.05) is 30.3 Å². The Bertz CT molecular complexity index is 615. The topological polar surface area (TPSA) is 38.3 Å². The van der Waals surface area contributed by atoms with Gasteiger partial charge in [0.2, 0.25) is 0 Å². The van der Waals surface area contributed by atoms with Crippen molar-refractivity contribution in [3.8, 4) is 5.75 Å². The van der Waals surface area contributed by atoms with E-state index in [4.69, 9.17) is 16.3 Å². The zero-order valence-electron chi connectivity index (χ0n) is 12.8. The minimum atomic E-state index is -0.595. The van der Waals surface area contributed by atoms with Crippen molar-refractivity contribution in [2.24, 2.45) is 0 Å². The van der Waals surface area contributed by atoms with Crippen molar-refractivity contribution in [2.45, 2.75) is 25.9 Å². The molecule has 3 nitrogen and oxygen atoms in total. The molecule has 0 aromatic heterocycles. The van der Waals surface area contributed by atoms with Crippen LogP contribution in [0.4, 0.5) is 0 Å². The summed E-state index contributed by atoms with van der Waals surface area (Å²) in [5.74, 6) is 0.614. The molecule has 0 saturated heterocycles. The van der Waals surface area contributed by atoms with Crippen LogP contribution in [0.15, 0.2) is 54.6 Å². The number of para-hydroxylation sites is 1. The van der Waals surface area contributed by atoms with Crippen LogP contribution in [0.3, 0.4) is 0 Å². The van der Waals surface area contributed by atoms with Gasteiger partial charge < -0.3 is 10.1 Å². The molecule has 0 unspecified atom stereocenters. The second-order valence-corrected chi connectivity index (χ2v) is 5.65. The third kappa shape index (κ3) is 4.50. The van der Waals surface area contributed by atoms with Crippen LogP contribution in [0.1, 0.15) is 25.3 Å². The van der Waals surface area contributed by atoms with Gasteiger partial charge in [0, 0.05) is 6.54 Å². The van der Waals surface area contributed by atoms with Crippen molar-refractivity contribution in [3.63, 3.8) is 0 Å². The Labute approximate surface area is 136 Å². The SMILES string of the molecule is C[C@H](CNC(=O)[C@@H](C)Oc1ccccc1Cl)c1ccccc1. The minimum Gasteiger partial charge on any atom is -0.479 e. The standard InChI is InChI=1S/C18H20ClNO2/c1-13(15-8-4-3-5-9-15)12-20-18(21)14(2)22-17-11-7-6-10-16(17)19/h3-11,13-14H,12H2,1-2H3,(H,20,21)/t13-,14-/m1/s1. The largest absolute Gasteiger partial charge is 0.479 e. The third-order valence-electron chi connectivity index (χ3n) is 3.46. The maximum Gasteiger partial charge on any atom is 0.260 e. The second-order valence-electron chi connectivity index (χ2n) is 5.25. The molecule has 0 heterocycles. The van der Waals surface area contributed by atoms with Crippen LogP contribution in [-0.2, 0) is 4.79 Å². The fraction of sp³-hybridized carbons (Fsp3) is 0.278. The number of hydrogen-bond donors (Lipinski definition) is 1. The molecule has 0 aliphatic rings. The molecule has 4 heteroatoms. The van der Waals surface area contributed by atoms with Crippen molar-refractivity contribution in [3.05, 3.63) is 65.2 Å². The van der Waals surface area contributed by atoms with Gasteiger partial charge in [-0.1, -0.05) is 61.0 Å². The van der Waals surface area contributed by atoms with Crippen molar-refractivity contribution >= 4 is 17.5 Å². The van der Waals surface area contributed by atoms with Crippen LogP contribution in [0.2, 0.25) is 5.02 Å². The van der Waals surface area contributed by atoms with E-state index in [0.717, 1.165) is 0 Å². The quantitative estimate of drug-likeness (QED) is 0.873. The predicted molar refractivity (Wildman–Crippen MR) is 89.4 cm³/mol. The van der Waals surface area contributed by atoms with E-state index in [0.29, 0.717) is 17.3 Å². The molecule has 0 bridgehead atoms. The number of ether oxygens (including phenoxy) is 1. The summed E-state index contributed by atoms with van der Waals surface area (Å²) in [6.07, 6.45) is -0.595. The lowest BCUT2D eigenvalue weighted by molar-refractivity contribution is -0.127. The highest BCUT2D eigenvalue weighted by molar-refractivity contribution is 6.32. The van der Waals surface area contributed by atoms with Crippen LogP contribution in [-0.4, -0.2) is 18.6 Å². The number of nitrogens with one attached hydrogen (secondary N) is 1. The summed E-state index contributed by atoms with van der Waals surface area (Å²) in [5, 5.41) is 3.41. The van der Waals surface area contributed by atoms with E-state index in [9.17, 15) is 4.79 Å². The fourth-order valence-corrected chi connectivity index (χ4v) is 2.26. The summed E-state index contributed by atoms with van der Waals surface area (Å²) >= 11 is 6.02. The number of benzene rings is 2. The number of carbonyl (C=O) groups excluding carboxylic acids is 1. The predicted octanol–water partition coefficient (Wildman–Crippen LogP) is 4.03. The molecule has 0 aliphatic heterocycles. The Hall–Kier alpha value is -2.00. The third-order valence-corrected chi connectivity index (χ3v) is 3.77. The molecule has 0 fully saturated rings. The maximum absolute atomic E-state index is 12.1. The number of carbonyl (C=O) groups is 1. The van der Waals surface area contributed by atoms with Crippen molar-refractivity contribution in [1.29, 1.82) is 0 Å². The van der Waals surface area contributed by atoms with E-state index in [-0.39, 0.29) is 11.8 Å². The molecule has 2 atom stereocenters. The summed E-state index contributed by atoms with van der Waals surface area (Å²) in [7, 11) is 0. The fourth-order valence-electron chi connectivity index (χ4n) is 2.08. The average Bonchev–Trinajstić information content (AvgIpc) is 2.55. The Morgan fingerprint density at radius 1 is 1.09 bits per heavy atom. The summed E-state index contributed by atoms with van der Waals surface area (Å²) in [5.41, 5.74) is 1.20. The highest BCUT2D eigenvalue weighted by Crippen LogP contribution is 2.24. The summed E-state index contributed by atoms with van der Waals surface area (Å²) in [4.78, 5) is 12.1. The van der Waals surface area contributed by atoms with Crippen molar-refractivity contribution in [1.82, 2.24) is 5.32 Å². The van der Waals surface area contributed by atoms with Crippen LogP contribution in [0, 0.1) is 0 Å². The zero-order chi connectivity index (χ0) is 15.9. The molecular formula is C18H20ClNO2. The number of rotatable bonds is 6. The normalized spacial score (nSPS) is 13.2.